The average Bonchev–Trinajstić information content (AvgIpc) is 3.23. The number of amides is 2. The zero-order valence-corrected chi connectivity index (χ0v) is 20.8. The number of fused-ring (bicyclic) bond motifs is 3. The summed E-state index contributed by atoms with van der Waals surface area (Å²) in [6, 6.07) is 20.7. The Labute approximate surface area is 224 Å². The van der Waals surface area contributed by atoms with Gasteiger partial charge in [-0.3, -0.25) is 4.79 Å². The Kier molecular flexibility index (Phi) is 8.53. The molecule has 2 amide bonds. The van der Waals surface area contributed by atoms with Crippen molar-refractivity contribution in [2.75, 3.05) is 18.5 Å². The van der Waals surface area contributed by atoms with Gasteiger partial charge in [-0.05, 0) is 51.6 Å². The maximum Gasteiger partial charge on any atom is 0.407 e. The van der Waals surface area contributed by atoms with Crippen LogP contribution in [0, 0.1) is 0 Å². The number of hydrogen-bond donors (Lipinski definition) is 4. The molecule has 0 radical (unpaired) electrons. The van der Waals surface area contributed by atoms with Crippen molar-refractivity contribution in [3.8, 4) is 11.1 Å². The molecule has 3 aromatic rings. The molecule has 1 aliphatic rings. The first kappa shape index (κ1) is 26.9. The Morgan fingerprint density at radius 1 is 0.821 bits per heavy atom. The van der Waals surface area contributed by atoms with Gasteiger partial charge in [0.2, 0.25) is 5.91 Å². The van der Waals surface area contributed by atoms with Gasteiger partial charge in [0.15, 0.2) is 0 Å². The summed E-state index contributed by atoms with van der Waals surface area (Å²) in [6.45, 7) is 0.170. The second kappa shape index (κ2) is 12.4. The van der Waals surface area contributed by atoms with Crippen LogP contribution in [-0.2, 0) is 19.1 Å². The highest BCUT2D eigenvalue weighted by Gasteiger charge is 2.28. The van der Waals surface area contributed by atoms with Gasteiger partial charge in [-0.15, -0.1) is 0 Å². The van der Waals surface area contributed by atoms with Crippen molar-refractivity contribution in [1.82, 2.24) is 5.32 Å². The Bertz CT molecular complexity index is 1430. The van der Waals surface area contributed by atoms with Gasteiger partial charge in [0, 0.05) is 36.7 Å². The number of nitrogens with one attached hydrogen (secondary N) is 2. The molecule has 9 heteroatoms. The van der Waals surface area contributed by atoms with Crippen LogP contribution in [-0.4, -0.2) is 47.3 Å². The molecule has 0 bridgehead atoms. The molecule has 4 N–H and O–H groups in total. The maximum atomic E-state index is 12.5. The van der Waals surface area contributed by atoms with E-state index in [9.17, 15) is 19.2 Å². The normalized spacial score (nSPS) is 12.2. The van der Waals surface area contributed by atoms with Gasteiger partial charge < -0.3 is 25.6 Å². The van der Waals surface area contributed by atoms with Crippen molar-refractivity contribution in [3.05, 3.63) is 101 Å². The molecule has 0 aliphatic heterocycles. The van der Waals surface area contributed by atoms with Gasteiger partial charge in [-0.25, -0.2) is 14.4 Å². The standard InChI is InChI=1S/C30H26N2O7/c33-27(32-26-17-19(10-13-28(34)35)9-11-20(26)12-14-29(36)37)15-16-31-30(38)39-18-25-23-7-3-1-5-21(23)22-6-2-4-8-24(22)25/h1-14,17,25H,15-16,18H2,(H,31,38)(H,32,33)(H,34,35)(H,36,37)/b13-10+,14-12+. The van der Waals surface area contributed by atoms with E-state index >= 15 is 0 Å². The summed E-state index contributed by atoms with van der Waals surface area (Å²) >= 11 is 0. The zero-order chi connectivity index (χ0) is 27.8. The van der Waals surface area contributed by atoms with Gasteiger partial charge in [-0.2, -0.15) is 0 Å². The van der Waals surface area contributed by atoms with Crippen LogP contribution in [0.5, 0.6) is 0 Å². The molecule has 0 saturated carbocycles. The zero-order valence-electron chi connectivity index (χ0n) is 20.8. The molecule has 0 spiro atoms. The molecule has 0 unspecified atom stereocenters. The number of benzene rings is 3. The van der Waals surface area contributed by atoms with Crippen molar-refractivity contribution in [1.29, 1.82) is 0 Å². The van der Waals surface area contributed by atoms with Gasteiger partial charge in [0.25, 0.3) is 0 Å². The SMILES string of the molecule is O=C(O)/C=C/c1ccc(/C=C/C(=O)O)c(NC(=O)CCNC(=O)OCC2c3ccccc3-c3ccccc32)c1. The van der Waals surface area contributed by atoms with Gasteiger partial charge in [-0.1, -0.05) is 60.7 Å². The Hall–Kier alpha value is -5.18. The number of aliphatic carboxylic acids is 2. The largest absolute Gasteiger partial charge is 0.478 e. The molecular weight excluding hydrogens is 500 g/mol. The monoisotopic (exact) mass is 526 g/mol. The fourth-order valence-corrected chi connectivity index (χ4v) is 4.40. The Morgan fingerprint density at radius 2 is 1.44 bits per heavy atom. The third-order valence-electron chi connectivity index (χ3n) is 6.14. The average molecular weight is 527 g/mol. The lowest BCUT2D eigenvalue weighted by molar-refractivity contribution is -0.132. The second-order valence-electron chi connectivity index (χ2n) is 8.74. The van der Waals surface area contributed by atoms with Crippen LogP contribution in [0.1, 0.15) is 34.6 Å². The van der Waals surface area contributed by atoms with Crippen molar-refractivity contribution in [2.45, 2.75) is 12.3 Å². The first-order valence-electron chi connectivity index (χ1n) is 12.2. The number of carboxylic acids is 2. The van der Waals surface area contributed by atoms with Crippen molar-refractivity contribution >= 4 is 41.8 Å². The minimum absolute atomic E-state index is 0.0153. The molecule has 0 saturated heterocycles. The van der Waals surface area contributed by atoms with Crippen molar-refractivity contribution in [2.24, 2.45) is 0 Å². The van der Waals surface area contributed by atoms with Crippen LogP contribution >= 0.6 is 0 Å². The van der Waals surface area contributed by atoms with E-state index in [1.165, 1.54) is 18.2 Å². The van der Waals surface area contributed by atoms with E-state index in [1.54, 1.807) is 12.1 Å². The van der Waals surface area contributed by atoms with E-state index in [0.29, 0.717) is 16.8 Å². The lowest BCUT2D eigenvalue weighted by Gasteiger charge is -2.14. The van der Waals surface area contributed by atoms with Crippen LogP contribution in [0.25, 0.3) is 23.3 Å². The fourth-order valence-electron chi connectivity index (χ4n) is 4.40. The smallest absolute Gasteiger partial charge is 0.407 e. The van der Waals surface area contributed by atoms with E-state index < -0.39 is 23.9 Å². The predicted molar refractivity (Wildman–Crippen MR) is 146 cm³/mol. The number of anilines is 1. The molecule has 1 aliphatic carbocycles. The fraction of sp³-hybridized carbons (Fsp3) is 0.133. The molecule has 3 aromatic carbocycles. The molecule has 0 heterocycles. The number of carboxylic acid groups (broad SMARTS) is 2. The van der Waals surface area contributed by atoms with Crippen molar-refractivity contribution in [3.63, 3.8) is 0 Å². The summed E-state index contributed by atoms with van der Waals surface area (Å²) in [6.07, 6.45) is 3.83. The summed E-state index contributed by atoms with van der Waals surface area (Å²) < 4.78 is 5.47. The summed E-state index contributed by atoms with van der Waals surface area (Å²) in [7, 11) is 0. The van der Waals surface area contributed by atoms with E-state index in [0.717, 1.165) is 34.4 Å². The summed E-state index contributed by atoms with van der Waals surface area (Å²) in [4.78, 5) is 46.6. The Morgan fingerprint density at radius 3 is 2.08 bits per heavy atom. The Balaban J connectivity index is 1.32. The van der Waals surface area contributed by atoms with E-state index in [4.69, 9.17) is 14.9 Å². The van der Waals surface area contributed by atoms with Gasteiger partial charge in [0.05, 0.1) is 0 Å². The first-order chi connectivity index (χ1) is 18.8. The first-order valence-corrected chi connectivity index (χ1v) is 12.2. The second-order valence-corrected chi connectivity index (χ2v) is 8.74. The van der Waals surface area contributed by atoms with Crippen LogP contribution in [0.2, 0.25) is 0 Å². The molecular formula is C30H26N2O7. The van der Waals surface area contributed by atoms with Gasteiger partial charge in [0.1, 0.15) is 6.61 Å². The molecule has 39 heavy (non-hydrogen) atoms. The molecule has 0 fully saturated rings. The van der Waals surface area contributed by atoms with E-state index in [2.05, 4.69) is 10.6 Å². The molecule has 198 valence electrons. The van der Waals surface area contributed by atoms with Crippen LogP contribution in [0.15, 0.2) is 78.9 Å². The third kappa shape index (κ3) is 6.98. The molecule has 9 nitrogen and oxygen atoms in total. The maximum absolute atomic E-state index is 12.5. The molecule has 0 atom stereocenters. The van der Waals surface area contributed by atoms with Crippen LogP contribution in [0.4, 0.5) is 10.5 Å². The quantitative estimate of drug-likeness (QED) is 0.279. The minimum atomic E-state index is -1.16. The van der Waals surface area contributed by atoms with Crippen LogP contribution in [0.3, 0.4) is 0 Å². The van der Waals surface area contributed by atoms with E-state index in [1.807, 2.05) is 48.5 Å². The van der Waals surface area contributed by atoms with Crippen molar-refractivity contribution < 1.29 is 34.1 Å². The van der Waals surface area contributed by atoms with E-state index in [-0.39, 0.29) is 25.5 Å². The molecule has 4 rings (SSSR count). The number of carbonyl (C=O) groups excluding carboxylic acids is 2. The molecule has 0 aromatic heterocycles. The third-order valence-corrected chi connectivity index (χ3v) is 6.14. The highest BCUT2D eigenvalue weighted by Crippen LogP contribution is 2.44. The highest BCUT2D eigenvalue weighted by atomic mass is 16.5. The number of ether oxygens (including phenoxy) is 1. The number of rotatable bonds is 10. The lowest BCUT2D eigenvalue weighted by Crippen LogP contribution is -2.29. The number of alkyl carbamates (subject to hydrolysis) is 1. The summed E-state index contributed by atoms with van der Waals surface area (Å²) in [5.74, 6) is -2.80. The number of hydrogen-bond acceptors (Lipinski definition) is 5. The highest BCUT2D eigenvalue weighted by molar-refractivity contribution is 5.95. The topological polar surface area (TPSA) is 142 Å². The predicted octanol–water partition coefficient (Wildman–Crippen LogP) is 4.75. The summed E-state index contributed by atoms with van der Waals surface area (Å²) in [5.41, 5.74) is 5.65. The lowest BCUT2D eigenvalue weighted by atomic mass is 9.98. The number of carbonyl (C=O) groups is 4. The minimum Gasteiger partial charge on any atom is -0.478 e. The van der Waals surface area contributed by atoms with Crippen LogP contribution < -0.4 is 10.6 Å². The summed E-state index contributed by atoms with van der Waals surface area (Å²) in [5, 5.41) is 23.0. The van der Waals surface area contributed by atoms with Gasteiger partial charge >= 0.3 is 18.0 Å².